The molecule has 0 aliphatic carbocycles. The Morgan fingerprint density at radius 3 is 2.58 bits per heavy atom. The van der Waals surface area contributed by atoms with Crippen LogP contribution in [0.2, 0.25) is 0 Å². The first-order valence-electron chi connectivity index (χ1n) is 13.9. The smallest absolute Gasteiger partial charge is 0.255 e. The third-order valence-electron chi connectivity index (χ3n) is 7.95. The van der Waals surface area contributed by atoms with E-state index in [4.69, 9.17) is 9.47 Å². The summed E-state index contributed by atoms with van der Waals surface area (Å²) in [5.74, 6) is -1.03. The van der Waals surface area contributed by atoms with Crippen LogP contribution in [-0.4, -0.2) is 76.6 Å². The predicted octanol–water partition coefficient (Wildman–Crippen LogP) is 3.82. The van der Waals surface area contributed by atoms with Crippen LogP contribution in [0.15, 0.2) is 73.1 Å². The summed E-state index contributed by atoms with van der Waals surface area (Å²) in [7, 11) is 0. The van der Waals surface area contributed by atoms with Crippen LogP contribution in [0.4, 0.5) is 0 Å². The van der Waals surface area contributed by atoms with Crippen molar-refractivity contribution in [2.75, 3.05) is 39.4 Å². The highest BCUT2D eigenvalue weighted by Gasteiger charge is 2.59. The summed E-state index contributed by atoms with van der Waals surface area (Å²) in [4.78, 5) is 36.0. The van der Waals surface area contributed by atoms with Crippen LogP contribution >= 0.6 is 0 Å². The lowest BCUT2D eigenvalue weighted by Crippen LogP contribution is -2.43. The number of carbonyl (C=O) groups is 2. The van der Waals surface area contributed by atoms with E-state index >= 15 is 0 Å². The van der Waals surface area contributed by atoms with Gasteiger partial charge in [-0.25, -0.2) is 0 Å². The van der Waals surface area contributed by atoms with Gasteiger partial charge in [-0.3, -0.25) is 19.5 Å². The highest BCUT2D eigenvalue weighted by Crippen LogP contribution is 2.46. The maximum atomic E-state index is 14.1. The van der Waals surface area contributed by atoms with Crippen LogP contribution in [0, 0.1) is 12.8 Å². The average Bonchev–Trinajstić information content (AvgIpc) is 3.18. The van der Waals surface area contributed by atoms with Gasteiger partial charge in [-0.05, 0) is 61.2 Å². The van der Waals surface area contributed by atoms with E-state index in [-0.39, 0.29) is 5.78 Å². The van der Waals surface area contributed by atoms with Crippen LogP contribution in [-0.2, 0) is 16.1 Å². The van der Waals surface area contributed by atoms with E-state index in [1.54, 1.807) is 35.5 Å². The number of aliphatic hydroxyl groups is 1. The summed E-state index contributed by atoms with van der Waals surface area (Å²) < 4.78 is 11.4. The minimum Gasteiger partial charge on any atom is -0.489 e. The van der Waals surface area contributed by atoms with E-state index < -0.39 is 23.5 Å². The summed E-state index contributed by atoms with van der Waals surface area (Å²) in [6.07, 6.45) is 4.07. The van der Waals surface area contributed by atoms with Crippen molar-refractivity contribution in [3.05, 3.63) is 95.3 Å². The number of hydrogen-bond donors (Lipinski definition) is 1. The molecule has 2 aromatic carbocycles. The zero-order valence-electron chi connectivity index (χ0n) is 23.2. The Bertz CT molecular complexity index is 1310. The van der Waals surface area contributed by atoms with E-state index in [2.05, 4.69) is 9.88 Å². The molecular weight excluding hydrogens is 506 g/mol. The number of aryl methyl sites for hydroxylation is 1. The molecule has 0 spiro atoms. The van der Waals surface area contributed by atoms with E-state index in [0.717, 1.165) is 42.7 Å². The molecule has 1 aromatic heterocycles. The zero-order valence-corrected chi connectivity index (χ0v) is 23.2. The quantitative estimate of drug-likeness (QED) is 0.389. The lowest BCUT2D eigenvalue weighted by atomic mass is 9.78. The predicted molar refractivity (Wildman–Crippen MR) is 151 cm³/mol. The van der Waals surface area contributed by atoms with Gasteiger partial charge in [0, 0.05) is 44.1 Å². The number of pyridine rings is 1. The molecular formula is C32H37N3O5. The minimum atomic E-state index is -1.86. The Morgan fingerprint density at radius 2 is 1.88 bits per heavy atom. The molecule has 3 heterocycles. The SMILES string of the molecule is Cc1cc(OCc2ccccc2)ccc1C(=O)C1C(c2cccnc2)N(CCCN2CCOCC2)C(=O)C1(C)O. The molecule has 1 N–H and O–H groups in total. The van der Waals surface area contributed by atoms with Gasteiger partial charge in [-0.1, -0.05) is 36.4 Å². The number of carbonyl (C=O) groups excluding carboxylic acids is 2. The van der Waals surface area contributed by atoms with Crippen molar-refractivity contribution >= 4 is 11.7 Å². The van der Waals surface area contributed by atoms with Crippen LogP contribution in [0.25, 0.3) is 0 Å². The fourth-order valence-corrected chi connectivity index (χ4v) is 5.80. The van der Waals surface area contributed by atoms with Crippen molar-refractivity contribution in [1.29, 1.82) is 0 Å². The molecule has 0 radical (unpaired) electrons. The second kappa shape index (κ2) is 12.3. The molecule has 2 aliphatic heterocycles. The Balaban J connectivity index is 1.38. The molecule has 1 amide bonds. The first-order valence-corrected chi connectivity index (χ1v) is 13.9. The molecule has 210 valence electrons. The van der Waals surface area contributed by atoms with Gasteiger partial charge in [-0.2, -0.15) is 0 Å². The summed E-state index contributed by atoms with van der Waals surface area (Å²) in [5, 5.41) is 11.6. The highest BCUT2D eigenvalue weighted by atomic mass is 16.5. The Labute approximate surface area is 235 Å². The van der Waals surface area contributed by atoms with Crippen molar-refractivity contribution in [2.45, 2.75) is 38.5 Å². The summed E-state index contributed by atoms with van der Waals surface area (Å²) in [6.45, 7) is 8.14. The number of aromatic nitrogens is 1. The second-order valence-electron chi connectivity index (χ2n) is 10.8. The third-order valence-corrected chi connectivity index (χ3v) is 7.95. The van der Waals surface area contributed by atoms with Gasteiger partial charge in [0.25, 0.3) is 5.91 Å². The van der Waals surface area contributed by atoms with Gasteiger partial charge in [0.1, 0.15) is 12.4 Å². The van der Waals surface area contributed by atoms with Crippen molar-refractivity contribution < 1.29 is 24.2 Å². The first kappa shape index (κ1) is 28.0. The molecule has 2 aliphatic rings. The molecule has 5 rings (SSSR count). The number of rotatable bonds is 10. The lowest BCUT2D eigenvalue weighted by molar-refractivity contribution is -0.143. The molecule has 0 bridgehead atoms. The molecule has 8 nitrogen and oxygen atoms in total. The normalized spacial score (nSPS) is 23.4. The van der Waals surface area contributed by atoms with Gasteiger partial charge < -0.3 is 19.5 Å². The van der Waals surface area contributed by atoms with Crippen LogP contribution in [0.3, 0.4) is 0 Å². The number of ketones is 1. The fourth-order valence-electron chi connectivity index (χ4n) is 5.80. The Hall–Kier alpha value is -3.59. The van der Waals surface area contributed by atoms with Gasteiger partial charge in [-0.15, -0.1) is 0 Å². The number of Topliss-reactive ketones (excluding diaryl/α,β-unsaturated/α-hetero) is 1. The number of amides is 1. The number of benzene rings is 2. The van der Waals surface area contributed by atoms with Gasteiger partial charge in [0.05, 0.1) is 25.2 Å². The maximum absolute atomic E-state index is 14.1. The Kier molecular flexibility index (Phi) is 8.59. The number of morpholine rings is 1. The van der Waals surface area contributed by atoms with E-state index in [0.29, 0.717) is 37.7 Å². The number of hydrogen-bond acceptors (Lipinski definition) is 7. The fraction of sp³-hybridized carbons (Fsp3) is 0.406. The molecule has 40 heavy (non-hydrogen) atoms. The van der Waals surface area contributed by atoms with E-state index in [9.17, 15) is 14.7 Å². The molecule has 2 fully saturated rings. The third kappa shape index (κ3) is 5.94. The first-order chi connectivity index (χ1) is 19.4. The van der Waals surface area contributed by atoms with E-state index in [1.807, 2.05) is 49.4 Å². The summed E-state index contributed by atoms with van der Waals surface area (Å²) in [6, 6.07) is 18.3. The average molecular weight is 544 g/mol. The Morgan fingerprint density at radius 1 is 1.10 bits per heavy atom. The summed E-state index contributed by atoms with van der Waals surface area (Å²) >= 11 is 0. The van der Waals surface area contributed by atoms with Gasteiger partial charge in [0.2, 0.25) is 0 Å². The number of nitrogens with zero attached hydrogens (tertiary/aromatic N) is 3. The molecule has 3 unspecified atom stereocenters. The van der Waals surface area contributed by atoms with Crippen LogP contribution < -0.4 is 4.74 Å². The molecule has 0 saturated carbocycles. The van der Waals surface area contributed by atoms with Crippen molar-refractivity contribution in [3.8, 4) is 5.75 Å². The molecule has 2 saturated heterocycles. The van der Waals surface area contributed by atoms with Gasteiger partial charge >= 0.3 is 0 Å². The topological polar surface area (TPSA) is 92.2 Å². The molecule has 3 atom stereocenters. The zero-order chi connectivity index (χ0) is 28.1. The maximum Gasteiger partial charge on any atom is 0.255 e. The van der Waals surface area contributed by atoms with Crippen molar-refractivity contribution in [2.24, 2.45) is 5.92 Å². The van der Waals surface area contributed by atoms with E-state index in [1.165, 1.54) is 6.92 Å². The molecule has 8 heteroatoms. The monoisotopic (exact) mass is 543 g/mol. The highest BCUT2D eigenvalue weighted by molar-refractivity contribution is 6.06. The largest absolute Gasteiger partial charge is 0.489 e. The standard InChI is InChI=1S/C32H37N3O5/c1-23-20-26(40-22-24-8-4-3-5-9-24)11-12-27(23)30(36)28-29(25-10-6-13-33-21-25)35(31(37)32(28,2)38)15-7-14-34-16-18-39-19-17-34/h3-6,8-13,20-21,28-29,38H,7,14-19,22H2,1-2H3. The van der Waals surface area contributed by atoms with Gasteiger partial charge in [0.15, 0.2) is 11.4 Å². The van der Waals surface area contributed by atoms with Crippen LogP contribution in [0.1, 0.15) is 46.4 Å². The number of ether oxygens (including phenoxy) is 2. The number of likely N-dealkylation sites (tertiary alicyclic amines) is 1. The minimum absolute atomic E-state index is 0.269. The van der Waals surface area contributed by atoms with Crippen LogP contribution in [0.5, 0.6) is 5.75 Å². The summed E-state index contributed by atoms with van der Waals surface area (Å²) in [5.41, 5.74) is 1.13. The van der Waals surface area contributed by atoms with Crippen molar-refractivity contribution in [1.82, 2.24) is 14.8 Å². The molecule has 3 aromatic rings. The lowest BCUT2D eigenvalue weighted by Gasteiger charge is -2.30. The second-order valence-corrected chi connectivity index (χ2v) is 10.8. The van der Waals surface area contributed by atoms with Crippen molar-refractivity contribution in [3.63, 3.8) is 0 Å².